The van der Waals surface area contributed by atoms with Gasteiger partial charge >= 0.3 is 0 Å². The maximum atomic E-state index is 12.7. The fraction of sp³-hybridized carbons (Fsp3) is 0.632. The van der Waals surface area contributed by atoms with Crippen molar-refractivity contribution in [2.75, 3.05) is 20.1 Å². The van der Waals surface area contributed by atoms with Gasteiger partial charge in [0.15, 0.2) is 0 Å². The van der Waals surface area contributed by atoms with Crippen LogP contribution in [0.15, 0.2) is 24.3 Å². The lowest BCUT2D eigenvalue weighted by molar-refractivity contribution is -0.133. The van der Waals surface area contributed by atoms with E-state index in [-0.39, 0.29) is 11.9 Å². The molecule has 0 spiro atoms. The molecule has 1 N–H and O–H groups in total. The summed E-state index contributed by atoms with van der Waals surface area (Å²) in [7, 11) is 1.92. The Morgan fingerprint density at radius 3 is 2.57 bits per heavy atom. The van der Waals surface area contributed by atoms with Gasteiger partial charge in [0, 0.05) is 18.5 Å². The molecule has 0 aromatic heterocycles. The van der Waals surface area contributed by atoms with E-state index < -0.39 is 0 Å². The Hall–Kier alpha value is -1.06. The molecule has 1 fully saturated rings. The van der Waals surface area contributed by atoms with Crippen molar-refractivity contribution in [2.45, 2.75) is 45.6 Å². The highest BCUT2D eigenvalue weighted by Crippen LogP contribution is 2.33. The third-order valence-corrected chi connectivity index (χ3v) is 5.24. The molecule has 3 nitrogen and oxygen atoms in total. The molecule has 1 aromatic rings. The molecular weight excluding hydrogens is 308 g/mol. The maximum Gasteiger partial charge on any atom is 0.222 e. The molecule has 0 aliphatic carbocycles. The molecule has 128 valence electrons. The first-order valence-corrected chi connectivity index (χ1v) is 9.09. The first kappa shape index (κ1) is 18.3. The van der Waals surface area contributed by atoms with Crippen LogP contribution in [-0.2, 0) is 4.79 Å². The molecule has 0 saturated carbocycles. The number of nitrogens with one attached hydrogen (secondary N) is 1. The minimum absolute atomic E-state index is 0.0317. The standard InChI is InChI=1S/C19H29ClN2O/c1-14(2)19(16-6-4-5-7-17(16)20)22(3)18(23)9-8-15-10-12-21-13-11-15/h4-7,14-15,19,21H,8-13H2,1-3H3. The van der Waals surface area contributed by atoms with E-state index >= 15 is 0 Å². The molecule has 1 atom stereocenters. The third kappa shape index (κ3) is 4.95. The van der Waals surface area contributed by atoms with E-state index in [1.165, 1.54) is 12.8 Å². The second-order valence-electron chi connectivity index (χ2n) is 6.95. The van der Waals surface area contributed by atoms with Gasteiger partial charge in [-0.05, 0) is 55.8 Å². The van der Waals surface area contributed by atoms with Crippen LogP contribution in [0.3, 0.4) is 0 Å². The minimum Gasteiger partial charge on any atom is -0.338 e. The Labute approximate surface area is 145 Å². The predicted octanol–water partition coefficient (Wildman–Crippen LogP) is 4.28. The van der Waals surface area contributed by atoms with E-state index in [2.05, 4.69) is 19.2 Å². The summed E-state index contributed by atoms with van der Waals surface area (Å²) in [6.07, 6.45) is 4.01. The first-order chi connectivity index (χ1) is 11.0. The summed E-state index contributed by atoms with van der Waals surface area (Å²) in [5, 5.41) is 4.12. The zero-order valence-electron chi connectivity index (χ0n) is 14.5. The lowest BCUT2D eigenvalue weighted by Crippen LogP contribution is -2.35. The molecule has 0 bridgehead atoms. The van der Waals surface area contributed by atoms with Crippen LogP contribution in [0.1, 0.15) is 51.1 Å². The lowest BCUT2D eigenvalue weighted by atomic mass is 9.91. The van der Waals surface area contributed by atoms with Gasteiger partial charge < -0.3 is 10.2 Å². The van der Waals surface area contributed by atoms with E-state index in [9.17, 15) is 4.79 Å². The molecule has 1 aromatic carbocycles. The number of rotatable bonds is 6. The Kier molecular flexibility index (Phi) is 6.91. The second kappa shape index (κ2) is 8.70. The number of carbonyl (C=O) groups excluding carboxylic acids is 1. The Morgan fingerprint density at radius 1 is 1.30 bits per heavy atom. The highest BCUT2D eigenvalue weighted by molar-refractivity contribution is 6.31. The Morgan fingerprint density at radius 2 is 1.96 bits per heavy atom. The number of hydrogen-bond acceptors (Lipinski definition) is 2. The fourth-order valence-electron chi connectivity index (χ4n) is 3.56. The summed E-state index contributed by atoms with van der Waals surface area (Å²) in [6, 6.07) is 7.89. The van der Waals surface area contributed by atoms with Crippen LogP contribution in [0.25, 0.3) is 0 Å². The van der Waals surface area contributed by atoms with Crippen LogP contribution in [0.2, 0.25) is 5.02 Å². The maximum absolute atomic E-state index is 12.7. The number of hydrogen-bond donors (Lipinski definition) is 1. The molecule has 2 rings (SSSR count). The largest absolute Gasteiger partial charge is 0.338 e. The SMILES string of the molecule is CC(C)C(c1ccccc1Cl)N(C)C(=O)CCC1CCNCC1. The molecule has 1 heterocycles. The quantitative estimate of drug-likeness (QED) is 0.841. The average Bonchev–Trinajstić information content (AvgIpc) is 2.55. The molecule has 0 radical (unpaired) electrons. The predicted molar refractivity (Wildman–Crippen MR) is 96.6 cm³/mol. The summed E-state index contributed by atoms with van der Waals surface area (Å²) < 4.78 is 0. The number of nitrogens with zero attached hydrogens (tertiary/aromatic N) is 1. The van der Waals surface area contributed by atoms with Gasteiger partial charge in [-0.25, -0.2) is 0 Å². The van der Waals surface area contributed by atoms with Gasteiger partial charge in [-0.3, -0.25) is 4.79 Å². The Bertz CT molecular complexity index is 512. The smallest absolute Gasteiger partial charge is 0.222 e. The summed E-state index contributed by atoms with van der Waals surface area (Å²) in [6.45, 7) is 6.46. The van der Waals surface area contributed by atoms with Gasteiger partial charge in [-0.1, -0.05) is 43.6 Å². The van der Waals surface area contributed by atoms with E-state index in [0.717, 1.165) is 30.1 Å². The normalized spacial score (nSPS) is 17.3. The van der Waals surface area contributed by atoms with Crippen LogP contribution in [-0.4, -0.2) is 30.9 Å². The molecule has 1 unspecified atom stereocenters. The molecule has 1 saturated heterocycles. The third-order valence-electron chi connectivity index (χ3n) is 4.89. The molecule has 23 heavy (non-hydrogen) atoms. The zero-order valence-corrected chi connectivity index (χ0v) is 15.3. The first-order valence-electron chi connectivity index (χ1n) is 8.71. The van der Waals surface area contributed by atoms with E-state index in [4.69, 9.17) is 11.6 Å². The van der Waals surface area contributed by atoms with Gasteiger partial charge in [0.1, 0.15) is 0 Å². The van der Waals surface area contributed by atoms with Crippen molar-refractivity contribution in [2.24, 2.45) is 11.8 Å². The molecular formula is C19H29ClN2O. The van der Waals surface area contributed by atoms with Crippen LogP contribution >= 0.6 is 11.6 Å². The molecule has 1 amide bonds. The fourth-order valence-corrected chi connectivity index (χ4v) is 3.81. The number of halogens is 1. The van der Waals surface area contributed by atoms with Crippen molar-refractivity contribution in [3.8, 4) is 0 Å². The van der Waals surface area contributed by atoms with Gasteiger partial charge in [0.2, 0.25) is 5.91 Å². The van der Waals surface area contributed by atoms with Gasteiger partial charge in [0.05, 0.1) is 6.04 Å². The Balaban J connectivity index is 2.01. The van der Waals surface area contributed by atoms with Crippen LogP contribution in [0.4, 0.5) is 0 Å². The lowest BCUT2D eigenvalue weighted by Gasteiger charge is -2.33. The molecule has 1 aliphatic rings. The van der Waals surface area contributed by atoms with Crippen LogP contribution in [0, 0.1) is 11.8 Å². The van der Waals surface area contributed by atoms with Gasteiger partial charge in [0.25, 0.3) is 0 Å². The molecule has 1 aliphatic heterocycles. The summed E-state index contributed by atoms with van der Waals surface area (Å²) >= 11 is 6.37. The van der Waals surface area contributed by atoms with Crippen LogP contribution in [0.5, 0.6) is 0 Å². The summed E-state index contributed by atoms with van der Waals surface area (Å²) in [5.41, 5.74) is 1.04. The summed E-state index contributed by atoms with van der Waals surface area (Å²) in [4.78, 5) is 14.6. The van der Waals surface area contributed by atoms with Crippen molar-refractivity contribution in [1.29, 1.82) is 0 Å². The number of benzene rings is 1. The van der Waals surface area contributed by atoms with Crippen molar-refractivity contribution in [1.82, 2.24) is 10.2 Å². The number of piperidine rings is 1. The van der Waals surface area contributed by atoms with Crippen LogP contribution < -0.4 is 5.32 Å². The van der Waals surface area contributed by atoms with E-state index in [1.807, 2.05) is 36.2 Å². The monoisotopic (exact) mass is 336 g/mol. The van der Waals surface area contributed by atoms with Crippen molar-refractivity contribution in [3.05, 3.63) is 34.9 Å². The second-order valence-corrected chi connectivity index (χ2v) is 7.35. The van der Waals surface area contributed by atoms with Crippen molar-refractivity contribution in [3.63, 3.8) is 0 Å². The van der Waals surface area contributed by atoms with Crippen molar-refractivity contribution >= 4 is 17.5 Å². The summed E-state index contributed by atoms with van der Waals surface area (Å²) in [5.74, 6) is 1.23. The highest BCUT2D eigenvalue weighted by atomic mass is 35.5. The minimum atomic E-state index is 0.0317. The highest BCUT2D eigenvalue weighted by Gasteiger charge is 2.26. The topological polar surface area (TPSA) is 32.3 Å². The average molecular weight is 337 g/mol. The number of amides is 1. The van der Waals surface area contributed by atoms with Gasteiger partial charge in [-0.2, -0.15) is 0 Å². The van der Waals surface area contributed by atoms with E-state index in [0.29, 0.717) is 18.3 Å². The zero-order chi connectivity index (χ0) is 16.8. The van der Waals surface area contributed by atoms with Gasteiger partial charge in [-0.15, -0.1) is 0 Å². The molecule has 4 heteroatoms. The number of carbonyl (C=O) groups is 1. The van der Waals surface area contributed by atoms with E-state index in [1.54, 1.807) is 0 Å². The van der Waals surface area contributed by atoms with Crippen molar-refractivity contribution < 1.29 is 4.79 Å².